The molecule has 0 radical (unpaired) electrons. The van der Waals surface area contributed by atoms with Crippen LogP contribution in [0.15, 0.2) is 0 Å². The molecule has 3 aliphatic heterocycles. The van der Waals surface area contributed by atoms with E-state index < -0.39 is 0 Å². The van der Waals surface area contributed by atoms with Gasteiger partial charge in [-0.3, -0.25) is 4.79 Å². The molecule has 0 aromatic carbocycles. The lowest BCUT2D eigenvalue weighted by molar-refractivity contribution is -0.133. The average molecular weight is 254 g/mol. The van der Waals surface area contributed by atoms with Crippen LogP contribution in [0.2, 0.25) is 0 Å². The number of thioether (sulfide) groups is 1. The summed E-state index contributed by atoms with van der Waals surface area (Å²) in [5.74, 6) is 1.63. The lowest BCUT2D eigenvalue weighted by Gasteiger charge is -2.30. The molecule has 3 nitrogen and oxygen atoms in total. The first-order valence-corrected chi connectivity index (χ1v) is 7.93. The third-order valence-corrected chi connectivity index (χ3v) is 5.81. The molecule has 4 heteroatoms. The smallest absolute Gasteiger partial charge is 0.236 e. The maximum Gasteiger partial charge on any atom is 0.236 e. The highest BCUT2D eigenvalue weighted by Gasteiger charge is 2.42. The van der Waals surface area contributed by atoms with Crippen molar-refractivity contribution in [2.24, 2.45) is 0 Å². The lowest BCUT2D eigenvalue weighted by atomic mass is 10.1. The Kier molecular flexibility index (Phi) is 3.35. The zero-order chi connectivity index (χ0) is 11.8. The van der Waals surface area contributed by atoms with E-state index in [1.54, 1.807) is 0 Å². The summed E-state index contributed by atoms with van der Waals surface area (Å²) in [5, 5.41) is 0.279. The molecular formula is C13H22N2OS. The van der Waals surface area contributed by atoms with Gasteiger partial charge in [0.1, 0.15) is 0 Å². The average Bonchev–Trinajstić information content (AvgIpc) is 2.90. The van der Waals surface area contributed by atoms with Crippen molar-refractivity contribution >= 4 is 17.7 Å². The fraction of sp³-hybridized carbons (Fsp3) is 0.923. The summed E-state index contributed by atoms with van der Waals surface area (Å²) in [6.07, 6.45) is 5.97. The van der Waals surface area contributed by atoms with Crippen molar-refractivity contribution in [3.63, 3.8) is 0 Å². The van der Waals surface area contributed by atoms with Gasteiger partial charge in [0.25, 0.3) is 0 Å². The standard InChI is InChI=1S/C13H22N2OS/c1-14-7-6-10-4-5-11(9-14)15(10)13(16)12-3-2-8-17-12/h10-12H,2-9H2,1H3/t10-,11+,12?/m0/s1. The predicted octanol–water partition coefficient (Wildman–Crippen LogP) is 1.58. The molecule has 1 unspecified atom stereocenters. The minimum Gasteiger partial charge on any atom is -0.334 e. The van der Waals surface area contributed by atoms with E-state index in [0.29, 0.717) is 18.0 Å². The molecular weight excluding hydrogens is 232 g/mol. The molecule has 0 aromatic heterocycles. The molecule has 1 amide bonds. The topological polar surface area (TPSA) is 23.6 Å². The largest absolute Gasteiger partial charge is 0.334 e. The molecule has 3 atom stereocenters. The van der Waals surface area contributed by atoms with E-state index in [1.165, 1.54) is 31.4 Å². The lowest BCUT2D eigenvalue weighted by Crippen LogP contribution is -2.46. The number of carbonyl (C=O) groups is 1. The minimum atomic E-state index is 0.279. The number of likely N-dealkylation sites (tertiary alicyclic amines) is 1. The first kappa shape index (κ1) is 11.8. The van der Waals surface area contributed by atoms with E-state index in [9.17, 15) is 4.79 Å². The van der Waals surface area contributed by atoms with Gasteiger partial charge in [0, 0.05) is 18.6 Å². The Morgan fingerprint density at radius 3 is 2.76 bits per heavy atom. The number of fused-ring (bicyclic) bond motifs is 2. The van der Waals surface area contributed by atoms with Crippen molar-refractivity contribution in [3.05, 3.63) is 0 Å². The normalized spacial score (nSPS) is 38.4. The number of amides is 1. The molecule has 0 N–H and O–H groups in total. The Bertz CT molecular complexity index is 304. The van der Waals surface area contributed by atoms with Crippen LogP contribution < -0.4 is 0 Å². The number of hydrogen-bond acceptors (Lipinski definition) is 3. The van der Waals surface area contributed by atoms with Crippen LogP contribution >= 0.6 is 11.8 Å². The Morgan fingerprint density at radius 1 is 1.18 bits per heavy atom. The molecule has 3 saturated heterocycles. The monoisotopic (exact) mass is 254 g/mol. The Morgan fingerprint density at radius 2 is 2.00 bits per heavy atom. The maximum atomic E-state index is 12.6. The second-order valence-corrected chi connectivity index (χ2v) is 6.99. The molecule has 3 heterocycles. The third kappa shape index (κ3) is 2.22. The molecule has 96 valence electrons. The van der Waals surface area contributed by atoms with E-state index in [1.807, 2.05) is 11.8 Å². The van der Waals surface area contributed by atoms with Gasteiger partial charge in [-0.1, -0.05) is 0 Å². The minimum absolute atomic E-state index is 0.279. The summed E-state index contributed by atoms with van der Waals surface area (Å²) in [6, 6.07) is 1.04. The van der Waals surface area contributed by atoms with Crippen molar-refractivity contribution in [3.8, 4) is 0 Å². The summed E-state index contributed by atoms with van der Waals surface area (Å²) in [4.78, 5) is 17.3. The van der Waals surface area contributed by atoms with Crippen LogP contribution in [0.3, 0.4) is 0 Å². The number of hydrogen-bond donors (Lipinski definition) is 0. The first-order valence-electron chi connectivity index (χ1n) is 6.88. The van der Waals surface area contributed by atoms with Crippen LogP contribution in [0.5, 0.6) is 0 Å². The summed E-state index contributed by atoms with van der Waals surface area (Å²) in [5.41, 5.74) is 0. The van der Waals surface area contributed by atoms with Crippen molar-refractivity contribution in [2.75, 3.05) is 25.9 Å². The van der Waals surface area contributed by atoms with Gasteiger partial charge in [-0.2, -0.15) is 0 Å². The van der Waals surface area contributed by atoms with Crippen molar-refractivity contribution < 1.29 is 4.79 Å². The van der Waals surface area contributed by atoms with Crippen LogP contribution in [0, 0.1) is 0 Å². The van der Waals surface area contributed by atoms with Gasteiger partial charge in [-0.25, -0.2) is 0 Å². The quantitative estimate of drug-likeness (QED) is 0.710. The Hall–Kier alpha value is -0.220. The molecule has 0 saturated carbocycles. The number of rotatable bonds is 1. The van der Waals surface area contributed by atoms with Crippen molar-refractivity contribution in [1.29, 1.82) is 0 Å². The van der Waals surface area contributed by atoms with E-state index in [4.69, 9.17) is 0 Å². The highest BCUT2D eigenvalue weighted by atomic mass is 32.2. The van der Waals surface area contributed by atoms with Gasteiger partial charge in [-0.15, -0.1) is 11.8 Å². The first-order chi connectivity index (χ1) is 8.25. The highest BCUT2D eigenvalue weighted by molar-refractivity contribution is 8.00. The third-order valence-electron chi connectivity index (χ3n) is 4.45. The molecule has 3 fully saturated rings. The molecule has 0 aliphatic carbocycles. The van der Waals surface area contributed by atoms with Gasteiger partial charge in [0.15, 0.2) is 0 Å². The van der Waals surface area contributed by atoms with Crippen molar-refractivity contribution in [2.45, 2.75) is 49.4 Å². The molecule has 3 aliphatic rings. The van der Waals surface area contributed by atoms with E-state index in [2.05, 4.69) is 16.8 Å². The van der Waals surface area contributed by atoms with Crippen LogP contribution in [-0.2, 0) is 4.79 Å². The van der Waals surface area contributed by atoms with E-state index in [-0.39, 0.29) is 5.25 Å². The molecule has 0 spiro atoms. The number of likely N-dealkylation sites (N-methyl/N-ethyl adjacent to an activating group) is 1. The van der Waals surface area contributed by atoms with E-state index >= 15 is 0 Å². The molecule has 17 heavy (non-hydrogen) atoms. The summed E-state index contributed by atoms with van der Waals surface area (Å²) in [7, 11) is 2.19. The zero-order valence-electron chi connectivity index (χ0n) is 10.6. The summed E-state index contributed by atoms with van der Waals surface area (Å²) >= 11 is 1.88. The van der Waals surface area contributed by atoms with Crippen LogP contribution in [-0.4, -0.2) is 58.9 Å². The Labute approximate surface area is 108 Å². The van der Waals surface area contributed by atoms with Crippen molar-refractivity contribution in [1.82, 2.24) is 9.80 Å². The fourth-order valence-electron chi connectivity index (χ4n) is 3.54. The van der Waals surface area contributed by atoms with Crippen LogP contribution in [0.4, 0.5) is 0 Å². The van der Waals surface area contributed by atoms with E-state index in [0.717, 1.165) is 19.5 Å². The van der Waals surface area contributed by atoms with Gasteiger partial charge in [0.2, 0.25) is 5.91 Å². The predicted molar refractivity (Wildman–Crippen MR) is 71.3 cm³/mol. The van der Waals surface area contributed by atoms with Crippen LogP contribution in [0.1, 0.15) is 32.1 Å². The van der Waals surface area contributed by atoms with Gasteiger partial charge in [-0.05, 0) is 51.4 Å². The van der Waals surface area contributed by atoms with Gasteiger partial charge < -0.3 is 9.80 Å². The highest BCUT2D eigenvalue weighted by Crippen LogP contribution is 2.35. The summed E-state index contributed by atoms with van der Waals surface area (Å²) in [6.45, 7) is 2.24. The number of nitrogens with zero attached hydrogens (tertiary/aromatic N) is 2. The summed E-state index contributed by atoms with van der Waals surface area (Å²) < 4.78 is 0. The molecule has 0 aromatic rings. The maximum absolute atomic E-state index is 12.6. The second kappa shape index (κ2) is 4.81. The zero-order valence-corrected chi connectivity index (χ0v) is 11.4. The fourth-order valence-corrected chi connectivity index (χ4v) is 4.76. The van der Waals surface area contributed by atoms with Gasteiger partial charge in [0.05, 0.1) is 5.25 Å². The Balaban J connectivity index is 1.74. The second-order valence-electron chi connectivity index (χ2n) is 5.68. The van der Waals surface area contributed by atoms with Crippen LogP contribution in [0.25, 0.3) is 0 Å². The molecule has 2 bridgehead atoms. The van der Waals surface area contributed by atoms with Gasteiger partial charge >= 0.3 is 0 Å². The SMILES string of the molecule is CN1CC[C@@H]2CC[C@H](C1)N2C(=O)C1CCCS1. The number of carbonyl (C=O) groups excluding carboxylic acids is 1. The molecule has 3 rings (SSSR count).